The third kappa shape index (κ3) is 6.88. The molecule has 0 radical (unpaired) electrons. The van der Waals surface area contributed by atoms with Crippen LogP contribution in [-0.2, 0) is 22.4 Å². The second kappa shape index (κ2) is 12.1. The van der Waals surface area contributed by atoms with E-state index >= 15 is 0 Å². The average molecular weight is 544 g/mol. The fourth-order valence-electron chi connectivity index (χ4n) is 3.66. The number of nitrogens with one attached hydrogen (secondary N) is 2. The van der Waals surface area contributed by atoms with Crippen LogP contribution < -0.4 is 15.4 Å². The van der Waals surface area contributed by atoms with E-state index in [9.17, 15) is 14.4 Å². The maximum Gasteiger partial charge on any atom is 0.407 e. The van der Waals surface area contributed by atoms with Gasteiger partial charge in [0.25, 0.3) is 5.91 Å². The molecule has 0 aliphatic heterocycles. The van der Waals surface area contributed by atoms with Crippen molar-refractivity contribution in [3.8, 4) is 5.75 Å². The van der Waals surface area contributed by atoms with Crippen LogP contribution in [0.4, 0.5) is 10.7 Å². The number of anilines is 1. The van der Waals surface area contributed by atoms with Gasteiger partial charge in [-0.15, -0.1) is 11.3 Å². The number of hydrogen-bond acceptors (Lipinski definition) is 9. The van der Waals surface area contributed by atoms with Gasteiger partial charge in [0.1, 0.15) is 21.7 Å². The van der Waals surface area contributed by atoms with Crippen molar-refractivity contribution in [3.05, 3.63) is 45.4 Å². The van der Waals surface area contributed by atoms with E-state index in [0.717, 1.165) is 5.01 Å². The van der Waals surface area contributed by atoms with Crippen molar-refractivity contribution in [2.75, 3.05) is 26.1 Å². The Morgan fingerprint density at radius 3 is 2.50 bits per heavy atom. The summed E-state index contributed by atoms with van der Waals surface area (Å²) in [6, 6.07) is 3.14. The maximum atomic E-state index is 13.2. The minimum atomic E-state index is -0.593. The number of carbonyl (C=O) groups is 3. The quantitative estimate of drug-likeness (QED) is 0.298. The first-order chi connectivity index (χ1) is 18.0. The number of carbonyl (C=O) groups excluding carboxylic acids is 3. The summed E-state index contributed by atoms with van der Waals surface area (Å²) in [5.74, 6) is -0.208. The number of methoxy groups -OCH3 is 2. The van der Waals surface area contributed by atoms with Gasteiger partial charge < -0.3 is 24.1 Å². The minimum Gasteiger partial charge on any atom is -0.494 e. The highest BCUT2D eigenvalue weighted by Crippen LogP contribution is 2.31. The number of alkyl carbamates (subject to hydrolysis) is 1. The van der Waals surface area contributed by atoms with Crippen molar-refractivity contribution < 1.29 is 28.6 Å². The van der Waals surface area contributed by atoms with Gasteiger partial charge in [0.15, 0.2) is 0 Å². The fraction of sp³-hybridized carbons (Fsp3) is 0.423. The Balaban J connectivity index is 1.94. The molecule has 11 nitrogen and oxygen atoms in total. The van der Waals surface area contributed by atoms with E-state index in [-0.39, 0.29) is 24.0 Å². The van der Waals surface area contributed by atoms with Crippen LogP contribution in [-0.4, -0.2) is 58.9 Å². The number of allylic oxidation sites excluding steroid dienone is 1. The molecule has 3 aromatic rings. The summed E-state index contributed by atoms with van der Waals surface area (Å²) < 4.78 is 17.4. The first kappa shape index (κ1) is 28.6. The van der Waals surface area contributed by atoms with E-state index in [1.807, 2.05) is 19.9 Å². The maximum absolute atomic E-state index is 13.2. The predicted octanol–water partition coefficient (Wildman–Crippen LogP) is 4.49. The molecule has 12 heteroatoms. The van der Waals surface area contributed by atoms with Crippen molar-refractivity contribution in [2.24, 2.45) is 0 Å². The number of fused-ring (bicyclic) bond motifs is 1. The highest BCUT2D eigenvalue weighted by molar-refractivity contribution is 7.13. The number of imidazole rings is 1. The number of thiazole rings is 1. The predicted molar refractivity (Wildman–Crippen MR) is 145 cm³/mol. The normalized spacial score (nSPS) is 11.6. The molecule has 2 amide bonds. The molecule has 38 heavy (non-hydrogen) atoms. The lowest BCUT2D eigenvalue weighted by molar-refractivity contribution is 0.0532. The molecule has 0 spiro atoms. The Kier molecular flexibility index (Phi) is 9.10. The molecule has 0 saturated heterocycles. The highest BCUT2D eigenvalue weighted by atomic mass is 32.1. The number of aryl methyl sites for hydroxylation is 2. The van der Waals surface area contributed by atoms with E-state index < -0.39 is 17.7 Å². The van der Waals surface area contributed by atoms with Gasteiger partial charge in [0, 0.05) is 13.1 Å². The lowest BCUT2D eigenvalue weighted by Crippen LogP contribution is -2.32. The number of esters is 1. The Morgan fingerprint density at radius 2 is 1.87 bits per heavy atom. The first-order valence-electron chi connectivity index (χ1n) is 12.0. The number of benzene rings is 1. The summed E-state index contributed by atoms with van der Waals surface area (Å²) in [5, 5.41) is 6.35. The van der Waals surface area contributed by atoms with Gasteiger partial charge >= 0.3 is 12.1 Å². The SMILES string of the molecule is CCc1nc(C)sc1C(=O)Nc1nc2cc(C(=O)OC)cc(OC)c2n1C/C=C/CNC(=O)OC(C)(C)C. The van der Waals surface area contributed by atoms with Crippen molar-refractivity contribution in [1.82, 2.24) is 19.9 Å². The summed E-state index contributed by atoms with van der Waals surface area (Å²) in [6.07, 6.45) is 3.67. The number of nitrogens with zero attached hydrogens (tertiary/aromatic N) is 3. The summed E-state index contributed by atoms with van der Waals surface area (Å²) in [4.78, 5) is 46.8. The Morgan fingerprint density at radius 1 is 1.13 bits per heavy atom. The average Bonchev–Trinajstić information content (AvgIpc) is 3.41. The van der Waals surface area contributed by atoms with E-state index in [1.54, 1.807) is 43.5 Å². The molecule has 0 bridgehead atoms. The molecule has 2 heterocycles. The lowest BCUT2D eigenvalue weighted by atomic mass is 10.2. The van der Waals surface area contributed by atoms with Crippen molar-refractivity contribution >= 4 is 46.3 Å². The zero-order chi connectivity index (χ0) is 28.0. The summed E-state index contributed by atoms with van der Waals surface area (Å²) >= 11 is 1.31. The first-order valence-corrected chi connectivity index (χ1v) is 12.8. The van der Waals surface area contributed by atoms with E-state index in [0.29, 0.717) is 40.3 Å². The number of aromatic nitrogens is 3. The third-order valence-corrected chi connectivity index (χ3v) is 6.25. The van der Waals surface area contributed by atoms with Crippen LogP contribution in [0.5, 0.6) is 5.75 Å². The van der Waals surface area contributed by atoms with E-state index in [4.69, 9.17) is 14.2 Å². The van der Waals surface area contributed by atoms with Crippen molar-refractivity contribution in [1.29, 1.82) is 0 Å². The summed E-state index contributed by atoms with van der Waals surface area (Å²) in [7, 11) is 2.78. The van der Waals surface area contributed by atoms with Crippen LogP contribution in [0.2, 0.25) is 0 Å². The van der Waals surface area contributed by atoms with Gasteiger partial charge in [-0.1, -0.05) is 19.1 Å². The number of amides is 2. The van der Waals surface area contributed by atoms with Gasteiger partial charge in [-0.05, 0) is 46.2 Å². The fourth-order valence-corrected chi connectivity index (χ4v) is 4.56. The summed E-state index contributed by atoms with van der Waals surface area (Å²) in [6.45, 7) is 9.70. The molecule has 1 aromatic carbocycles. The number of hydrogen-bond donors (Lipinski definition) is 2. The molecule has 0 atom stereocenters. The smallest absolute Gasteiger partial charge is 0.407 e. The largest absolute Gasteiger partial charge is 0.494 e. The second-order valence-electron chi connectivity index (χ2n) is 9.25. The van der Waals surface area contributed by atoms with Gasteiger partial charge in [-0.2, -0.15) is 0 Å². The molecule has 0 aliphatic carbocycles. The standard InChI is InChI=1S/C26H33N5O6S/c1-8-17-21(38-15(2)28-17)22(32)30-24-29-18-13-16(23(33)36-7)14-19(35-6)20(18)31(24)12-10-9-11-27-25(34)37-26(3,4)5/h9-10,13-14H,8,11-12H2,1-7H3,(H,27,34)(H,29,30,32)/b10-9+. The topological polar surface area (TPSA) is 134 Å². The molecule has 0 fully saturated rings. The monoisotopic (exact) mass is 543 g/mol. The van der Waals surface area contributed by atoms with E-state index in [1.165, 1.54) is 25.6 Å². The second-order valence-corrected chi connectivity index (χ2v) is 10.5. The Hall–Kier alpha value is -3.93. The van der Waals surface area contributed by atoms with Gasteiger partial charge in [-0.25, -0.2) is 19.6 Å². The zero-order valence-corrected chi connectivity index (χ0v) is 23.4. The highest BCUT2D eigenvalue weighted by Gasteiger charge is 2.22. The van der Waals surface area contributed by atoms with Crippen LogP contribution in [0.3, 0.4) is 0 Å². The summed E-state index contributed by atoms with van der Waals surface area (Å²) in [5.41, 5.74) is 1.41. The van der Waals surface area contributed by atoms with Gasteiger partial charge in [0.2, 0.25) is 5.95 Å². The molecule has 0 saturated carbocycles. The number of rotatable bonds is 9. The Labute approximate surface area is 225 Å². The molecule has 2 aromatic heterocycles. The molecule has 2 N–H and O–H groups in total. The molecule has 204 valence electrons. The van der Waals surface area contributed by atoms with Crippen LogP contribution in [0, 0.1) is 6.92 Å². The molecular formula is C26H33N5O6S. The van der Waals surface area contributed by atoms with Gasteiger partial charge in [-0.3, -0.25) is 10.1 Å². The molecular weight excluding hydrogens is 510 g/mol. The molecule has 0 unspecified atom stereocenters. The van der Waals surface area contributed by atoms with Crippen LogP contribution in [0.1, 0.15) is 58.4 Å². The van der Waals surface area contributed by atoms with Crippen LogP contribution >= 0.6 is 11.3 Å². The minimum absolute atomic E-state index is 0.243. The van der Waals surface area contributed by atoms with Crippen molar-refractivity contribution in [3.63, 3.8) is 0 Å². The van der Waals surface area contributed by atoms with E-state index in [2.05, 4.69) is 20.6 Å². The zero-order valence-electron chi connectivity index (χ0n) is 22.6. The lowest BCUT2D eigenvalue weighted by Gasteiger charge is -2.19. The van der Waals surface area contributed by atoms with Crippen LogP contribution in [0.15, 0.2) is 24.3 Å². The molecule has 3 rings (SSSR count). The third-order valence-electron chi connectivity index (χ3n) is 5.24. The van der Waals surface area contributed by atoms with Crippen LogP contribution in [0.25, 0.3) is 11.0 Å². The van der Waals surface area contributed by atoms with Crippen molar-refractivity contribution in [2.45, 2.75) is 53.2 Å². The number of ether oxygens (including phenoxy) is 3. The Bertz CT molecular complexity index is 1370. The molecule has 0 aliphatic rings. The van der Waals surface area contributed by atoms with Gasteiger partial charge in [0.05, 0.1) is 36.0 Å².